The first-order valence-corrected chi connectivity index (χ1v) is 2.23. The van der Waals surface area contributed by atoms with Crippen LogP contribution in [-0.4, -0.2) is 18.6 Å². The Bertz CT molecular complexity index is 76.5. The van der Waals surface area contributed by atoms with Gasteiger partial charge in [-0.25, -0.2) is 0 Å². The maximum Gasteiger partial charge on any atom is 0.0927 e. The van der Waals surface area contributed by atoms with Gasteiger partial charge in [0.05, 0.1) is 26.5 Å². The van der Waals surface area contributed by atoms with Gasteiger partial charge >= 0.3 is 0 Å². The average Bonchev–Trinajstić information content (AvgIpc) is 1.68. The third-order valence-electron chi connectivity index (χ3n) is 0.941. The normalized spacial score (nSPS) is 9.25. The second kappa shape index (κ2) is 3.70. The third kappa shape index (κ3) is 3.90. The van der Waals surface area contributed by atoms with Crippen LogP contribution in [-0.2, 0) is 0 Å². The highest BCUT2D eigenvalue weighted by Gasteiger charge is 1.99. The molecule has 0 aliphatic rings. The Balaban J connectivity index is 0. The van der Waals surface area contributed by atoms with Crippen molar-refractivity contribution in [3.63, 3.8) is 0 Å². The lowest BCUT2D eigenvalue weighted by Crippen LogP contribution is -3.00. The molecule has 0 heterocycles. The van der Waals surface area contributed by atoms with E-state index in [1.54, 1.807) is 0 Å². The van der Waals surface area contributed by atoms with Gasteiger partial charge in [0.25, 0.3) is 0 Å². The molecule has 0 unspecified atom stereocenters. The lowest BCUT2D eigenvalue weighted by Gasteiger charge is -2.16. The van der Waals surface area contributed by atoms with E-state index < -0.39 is 0 Å². The van der Waals surface area contributed by atoms with Gasteiger partial charge in [0.2, 0.25) is 0 Å². The molecule has 0 rings (SSSR count). The van der Waals surface area contributed by atoms with Crippen LogP contribution >= 0.6 is 0 Å². The van der Waals surface area contributed by atoms with Crippen LogP contribution in [0, 0.1) is 0 Å². The zero-order chi connectivity index (χ0) is 5.91. The molecule has 48 valence electrons. The van der Waals surface area contributed by atoms with Crippen LogP contribution in [0.4, 0.5) is 0 Å². The molecule has 0 spiro atoms. The zero-order valence-corrected chi connectivity index (χ0v) is 6.15. The molecule has 0 aromatic rings. The van der Waals surface area contributed by atoms with Crippen molar-refractivity contribution in [2.45, 2.75) is 0 Å². The fourth-order valence-electron chi connectivity index (χ4n) is 0.0745. The van der Waals surface area contributed by atoms with Crippen molar-refractivity contribution < 1.29 is 16.9 Å². The molecule has 0 aromatic heterocycles. The van der Waals surface area contributed by atoms with E-state index in [1.807, 2.05) is 26.5 Å². The second-order valence-corrected chi connectivity index (χ2v) is 1.99. The molecule has 0 amide bonds. The number of halogens is 1. The molecule has 0 radical (unpaired) electrons. The predicted octanol–water partition coefficient (Wildman–Crippen LogP) is -1.65. The number of quaternary nitrogens is 1. The highest BCUT2D eigenvalue weighted by molar-refractivity contribution is 4.60. The Hall–Kier alpha value is -0.270. The molecule has 0 saturated carbocycles. The SMILES string of the molecule is C=C[N+](C)(C)C=C.[Cl-]. The summed E-state index contributed by atoms with van der Waals surface area (Å²) in [7, 11) is 4.00. The highest BCUT2D eigenvalue weighted by atomic mass is 35.5. The van der Waals surface area contributed by atoms with E-state index in [-0.39, 0.29) is 12.4 Å². The van der Waals surface area contributed by atoms with Crippen LogP contribution < -0.4 is 12.4 Å². The molecule has 1 nitrogen and oxygen atoms in total. The quantitative estimate of drug-likeness (QED) is 0.397. The van der Waals surface area contributed by atoms with E-state index in [0.29, 0.717) is 4.48 Å². The molecule has 0 aromatic carbocycles. The molecular formula is C6H12ClN. The Morgan fingerprint density at radius 2 is 1.38 bits per heavy atom. The molecule has 0 aliphatic heterocycles. The van der Waals surface area contributed by atoms with Crippen molar-refractivity contribution in [3.8, 4) is 0 Å². The summed E-state index contributed by atoms with van der Waals surface area (Å²) in [6.45, 7) is 7.21. The Kier molecular flexibility index (Phi) is 4.93. The first-order chi connectivity index (χ1) is 3.12. The highest BCUT2D eigenvalue weighted by Crippen LogP contribution is 1.94. The maximum absolute atomic E-state index is 3.60. The number of nitrogens with zero attached hydrogens (tertiary/aromatic N) is 1. The van der Waals surface area contributed by atoms with Gasteiger partial charge in [-0.05, 0) is 13.2 Å². The minimum Gasteiger partial charge on any atom is -1.00 e. The van der Waals surface area contributed by atoms with Crippen molar-refractivity contribution in [1.82, 2.24) is 0 Å². The van der Waals surface area contributed by atoms with Gasteiger partial charge in [0, 0.05) is 0 Å². The Morgan fingerprint density at radius 3 is 1.38 bits per heavy atom. The maximum atomic E-state index is 3.60. The van der Waals surface area contributed by atoms with Crippen molar-refractivity contribution in [1.29, 1.82) is 0 Å². The number of hydrogen-bond donors (Lipinski definition) is 0. The molecule has 0 bridgehead atoms. The zero-order valence-electron chi connectivity index (χ0n) is 5.39. The largest absolute Gasteiger partial charge is 1.00 e. The molecule has 0 N–H and O–H groups in total. The van der Waals surface area contributed by atoms with Gasteiger partial charge in [-0.3, -0.25) is 4.48 Å². The molecule has 0 atom stereocenters. The van der Waals surface area contributed by atoms with Crippen LogP contribution in [0.1, 0.15) is 0 Å². The minimum atomic E-state index is 0. The van der Waals surface area contributed by atoms with Gasteiger partial charge in [0.1, 0.15) is 0 Å². The molecule has 2 heteroatoms. The molecule has 0 aliphatic carbocycles. The fourth-order valence-corrected chi connectivity index (χ4v) is 0.0745. The van der Waals surface area contributed by atoms with Gasteiger partial charge in [-0.1, -0.05) is 0 Å². The van der Waals surface area contributed by atoms with Crippen LogP contribution in [0.3, 0.4) is 0 Å². The summed E-state index contributed by atoms with van der Waals surface area (Å²) in [5.41, 5.74) is 0. The van der Waals surface area contributed by atoms with Crippen molar-refractivity contribution in [2.75, 3.05) is 14.1 Å². The Morgan fingerprint density at radius 1 is 1.12 bits per heavy atom. The van der Waals surface area contributed by atoms with Gasteiger partial charge < -0.3 is 12.4 Å². The second-order valence-electron chi connectivity index (χ2n) is 1.99. The minimum absolute atomic E-state index is 0. The summed E-state index contributed by atoms with van der Waals surface area (Å²) in [6.07, 6.45) is 3.62. The van der Waals surface area contributed by atoms with Crippen molar-refractivity contribution >= 4 is 0 Å². The number of rotatable bonds is 2. The molecule has 8 heavy (non-hydrogen) atoms. The van der Waals surface area contributed by atoms with Gasteiger partial charge in [0.15, 0.2) is 0 Å². The van der Waals surface area contributed by atoms with Crippen LogP contribution in [0.5, 0.6) is 0 Å². The predicted molar refractivity (Wildman–Crippen MR) is 32.5 cm³/mol. The van der Waals surface area contributed by atoms with Crippen LogP contribution in [0.2, 0.25) is 0 Å². The fraction of sp³-hybridized carbons (Fsp3) is 0.333. The molecular weight excluding hydrogens is 122 g/mol. The number of hydrogen-bond acceptors (Lipinski definition) is 0. The third-order valence-corrected chi connectivity index (χ3v) is 0.941. The summed E-state index contributed by atoms with van der Waals surface area (Å²) in [5, 5.41) is 0. The smallest absolute Gasteiger partial charge is 0.0927 e. The summed E-state index contributed by atoms with van der Waals surface area (Å²) < 4.78 is 0.667. The van der Waals surface area contributed by atoms with E-state index in [0.717, 1.165) is 0 Å². The summed E-state index contributed by atoms with van der Waals surface area (Å²) in [6, 6.07) is 0. The van der Waals surface area contributed by atoms with E-state index in [2.05, 4.69) is 13.2 Å². The Labute approximate surface area is 57.3 Å². The van der Waals surface area contributed by atoms with Crippen LogP contribution in [0.15, 0.2) is 25.6 Å². The monoisotopic (exact) mass is 133 g/mol. The van der Waals surface area contributed by atoms with Crippen LogP contribution in [0.25, 0.3) is 0 Å². The van der Waals surface area contributed by atoms with Crippen molar-refractivity contribution in [2.24, 2.45) is 0 Å². The van der Waals surface area contributed by atoms with Crippen molar-refractivity contribution in [3.05, 3.63) is 25.6 Å². The average molecular weight is 134 g/mol. The van der Waals surface area contributed by atoms with E-state index in [1.165, 1.54) is 0 Å². The standard InChI is InChI=1S/C6H12N.ClH/c1-5-7(3,4)6-2;/h5-6H,1-2H2,3-4H3;1H/q+1;/p-1. The summed E-state index contributed by atoms with van der Waals surface area (Å²) in [4.78, 5) is 0. The van der Waals surface area contributed by atoms with E-state index >= 15 is 0 Å². The molecule has 0 fully saturated rings. The lowest BCUT2D eigenvalue weighted by molar-refractivity contribution is -0.783. The summed E-state index contributed by atoms with van der Waals surface area (Å²) >= 11 is 0. The van der Waals surface area contributed by atoms with Gasteiger partial charge in [-0.15, -0.1) is 0 Å². The summed E-state index contributed by atoms with van der Waals surface area (Å²) in [5.74, 6) is 0. The first-order valence-electron chi connectivity index (χ1n) is 2.23. The lowest BCUT2D eigenvalue weighted by atomic mass is 10.6. The molecule has 0 saturated heterocycles. The topological polar surface area (TPSA) is 0 Å². The van der Waals surface area contributed by atoms with E-state index in [4.69, 9.17) is 0 Å². The van der Waals surface area contributed by atoms with E-state index in [9.17, 15) is 0 Å². The van der Waals surface area contributed by atoms with Gasteiger partial charge in [-0.2, -0.15) is 0 Å². The first kappa shape index (κ1) is 10.7.